The minimum atomic E-state index is -0.537. The Labute approximate surface area is 291 Å². The van der Waals surface area contributed by atoms with Crippen LogP contribution in [0.4, 0.5) is 8.78 Å². The van der Waals surface area contributed by atoms with Crippen molar-refractivity contribution >= 4 is 45.9 Å². The van der Waals surface area contributed by atoms with Gasteiger partial charge in [0.1, 0.15) is 23.3 Å². The normalized spacial score (nSPS) is 14.0. The second-order valence-corrected chi connectivity index (χ2v) is 12.7. The van der Waals surface area contributed by atoms with E-state index in [9.17, 15) is 18.4 Å². The van der Waals surface area contributed by atoms with Crippen molar-refractivity contribution in [3.8, 4) is 23.0 Å². The van der Waals surface area contributed by atoms with Gasteiger partial charge in [-0.15, -0.1) is 0 Å². The SMILES string of the molecule is COOSc1ncc2cc(Oc3ccccc3F)c(=O)n(C3CC3)c2n1.CSc1ncc2cc(Oc3ccccc3F)c(=O)n(C3CC3)c2n1. The third kappa shape index (κ3) is 7.19. The Hall–Kier alpha value is -4.90. The van der Waals surface area contributed by atoms with Crippen molar-refractivity contribution in [3.63, 3.8) is 0 Å². The molecular weight excluding hydrogens is 691 g/mol. The van der Waals surface area contributed by atoms with Crippen LogP contribution in [-0.4, -0.2) is 42.4 Å². The number of aromatic nitrogens is 6. The summed E-state index contributed by atoms with van der Waals surface area (Å²) in [5, 5.41) is 2.24. The first kappa shape index (κ1) is 33.6. The monoisotopic (exact) mass is 718 g/mol. The van der Waals surface area contributed by atoms with Crippen molar-refractivity contribution in [2.45, 2.75) is 48.1 Å². The molecule has 50 heavy (non-hydrogen) atoms. The van der Waals surface area contributed by atoms with Crippen molar-refractivity contribution < 1.29 is 27.5 Å². The molecule has 0 bridgehead atoms. The molecule has 0 radical (unpaired) electrons. The minimum Gasteiger partial charge on any atom is -0.448 e. The van der Waals surface area contributed by atoms with Gasteiger partial charge < -0.3 is 9.47 Å². The summed E-state index contributed by atoms with van der Waals surface area (Å²) in [5.41, 5.74) is 0.433. The van der Waals surface area contributed by atoms with Crippen molar-refractivity contribution in [1.82, 2.24) is 29.1 Å². The molecule has 2 aromatic carbocycles. The van der Waals surface area contributed by atoms with Gasteiger partial charge in [-0.05, 0) is 68.3 Å². The molecule has 2 saturated carbocycles. The number of rotatable bonds is 10. The molecule has 4 heterocycles. The minimum absolute atomic E-state index is 0.00659. The average molecular weight is 719 g/mol. The number of ether oxygens (including phenoxy) is 2. The molecule has 2 aliphatic rings. The van der Waals surface area contributed by atoms with Gasteiger partial charge in [-0.3, -0.25) is 18.7 Å². The van der Waals surface area contributed by atoms with Crippen LogP contribution in [0, 0.1) is 11.6 Å². The maximum Gasteiger partial charge on any atom is 0.295 e. The standard InChI is InChI=1S/C17H14FN3O4S.C17H14FN3O2S/c1-23-25-26-17-19-9-10-8-14(24-13-5-3-2-4-12(13)18)16(22)21(11-6-7-11)15(10)20-17;1-24-17-19-9-10-8-14(23-13-5-3-2-4-12(13)18)16(22)21(11-6-7-11)15(10)20-17/h2-5,8-9,11H,6-7H2,1H3;2-5,8-9,11H,6-7H2,1H3. The number of hydrogen-bond acceptors (Lipinski definition) is 12. The van der Waals surface area contributed by atoms with Crippen molar-refractivity contribution in [2.24, 2.45) is 0 Å². The maximum absolute atomic E-state index is 13.9. The van der Waals surface area contributed by atoms with E-state index in [1.165, 1.54) is 49.2 Å². The highest BCUT2D eigenvalue weighted by Gasteiger charge is 2.30. The van der Waals surface area contributed by atoms with E-state index in [2.05, 4.69) is 24.8 Å². The summed E-state index contributed by atoms with van der Waals surface area (Å²) in [6, 6.07) is 15.2. The molecule has 0 atom stereocenters. The second-order valence-electron chi connectivity index (χ2n) is 11.3. The van der Waals surface area contributed by atoms with E-state index in [1.54, 1.807) is 51.9 Å². The van der Waals surface area contributed by atoms with Gasteiger partial charge in [-0.25, -0.2) is 33.6 Å². The molecule has 0 amide bonds. The van der Waals surface area contributed by atoms with Crippen molar-refractivity contribution in [3.05, 3.63) is 105 Å². The average Bonchev–Trinajstić information content (AvgIpc) is 4.06. The molecule has 0 saturated heterocycles. The van der Waals surface area contributed by atoms with Crippen LogP contribution >= 0.6 is 23.8 Å². The molecule has 0 N–H and O–H groups in total. The molecule has 0 unspecified atom stereocenters. The van der Waals surface area contributed by atoms with E-state index in [1.807, 2.05) is 6.26 Å². The molecule has 8 rings (SSSR count). The summed E-state index contributed by atoms with van der Waals surface area (Å²) in [5.74, 6) is -0.911. The molecule has 12 nitrogen and oxygen atoms in total. The third-order valence-corrected chi connectivity index (χ3v) is 8.84. The van der Waals surface area contributed by atoms with E-state index in [-0.39, 0.29) is 46.2 Å². The van der Waals surface area contributed by atoms with Gasteiger partial charge in [0, 0.05) is 35.2 Å². The lowest BCUT2D eigenvalue weighted by molar-refractivity contribution is -0.160. The number of halogens is 2. The number of fused-ring (bicyclic) bond motifs is 2. The van der Waals surface area contributed by atoms with Crippen molar-refractivity contribution in [1.29, 1.82) is 0 Å². The summed E-state index contributed by atoms with van der Waals surface area (Å²) >= 11 is 2.27. The lowest BCUT2D eigenvalue weighted by Crippen LogP contribution is -2.21. The highest BCUT2D eigenvalue weighted by Crippen LogP contribution is 2.38. The fourth-order valence-electron chi connectivity index (χ4n) is 5.14. The third-order valence-electron chi connectivity index (χ3n) is 7.73. The Morgan fingerprint density at radius 3 is 1.60 bits per heavy atom. The molecule has 2 aliphatic carbocycles. The van der Waals surface area contributed by atoms with E-state index >= 15 is 0 Å². The zero-order valence-electron chi connectivity index (χ0n) is 26.6. The summed E-state index contributed by atoms with van der Waals surface area (Å²) in [4.78, 5) is 47.5. The van der Waals surface area contributed by atoms with Crippen LogP contribution in [0.1, 0.15) is 37.8 Å². The molecule has 2 fully saturated rings. The fraction of sp³-hybridized carbons (Fsp3) is 0.235. The van der Waals surface area contributed by atoms with Crippen LogP contribution in [0.5, 0.6) is 23.0 Å². The van der Waals surface area contributed by atoms with E-state index < -0.39 is 11.6 Å². The van der Waals surface area contributed by atoms with Crippen LogP contribution in [0.2, 0.25) is 0 Å². The zero-order valence-corrected chi connectivity index (χ0v) is 28.2. The number of benzene rings is 2. The predicted octanol–water partition coefficient (Wildman–Crippen LogP) is 7.42. The Morgan fingerprint density at radius 2 is 1.16 bits per heavy atom. The first-order valence-electron chi connectivity index (χ1n) is 15.4. The zero-order chi connectivity index (χ0) is 34.8. The Bertz CT molecular complexity index is 2330. The van der Waals surface area contributed by atoms with Gasteiger partial charge in [0.2, 0.25) is 5.16 Å². The Balaban J connectivity index is 0.000000157. The van der Waals surface area contributed by atoms with Crippen LogP contribution in [0.15, 0.2) is 93.0 Å². The first-order valence-corrected chi connectivity index (χ1v) is 17.4. The van der Waals surface area contributed by atoms with Crippen LogP contribution < -0.4 is 20.6 Å². The van der Waals surface area contributed by atoms with Crippen LogP contribution in [0.25, 0.3) is 22.1 Å². The number of para-hydroxylation sites is 2. The quantitative estimate of drug-likeness (QED) is 0.0459. The summed E-state index contributed by atoms with van der Waals surface area (Å²) in [7, 11) is 1.38. The molecule has 256 valence electrons. The van der Waals surface area contributed by atoms with Gasteiger partial charge >= 0.3 is 0 Å². The van der Waals surface area contributed by atoms with E-state index in [0.29, 0.717) is 32.4 Å². The highest BCUT2D eigenvalue weighted by molar-refractivity contribution is 7.98. The first-order chi connectivity index (χ1) is 24.3. The van der Waals surface area contributed by atoms with Gasteiger partial charge in [0.05, 0.1) is 7.11 Å². The fourth-order valence-corrected chi connectivity index (χ4v) is 5.83. The van der Waals surface area contributed by atoms with Gasteiger partial charge in [-0.2, -0.15) is 4.33 Å². The van der Waals surface area contributed by atoms with E-state index in [0.717, 1.165) is 37.7 Å². The number of hydrogen-bond donors (Lipinski definition) is 0. The number of thioether (sulfide) groups is 1. The van der Waals surface area contributed by atoms with Gasteiger partial charge in [-0.1, -0.05) is 36.0 Å². The Morgan fingerprint density at radius 1 is 0.700 bits per heavy atom. The number of pyridine rings is 2. The molecule has 4 aromatic heterocycles. The maximum atomic E-state index is 13.9. The predicted molar refractivity (Wildman–Crippen MR) is 183 cm³/mol. The second kappa shape index (κ2) is 14.5. The summed E-state index contributed by atoms with van der Waals surface area (Å²) in [6.07, 6.45) is 8.72. The largest absolute Gasteiger partial charge is 0.448 e. The smallest absolute Gasteiger partial charge is 0.295 e. The lowest BCUT2D eigenvalue weighted by atomic mass is 10.3. The van der Waals surface area contributed by atoms with Crippen molar-refractivity contribution in [2.75, 3.05) is 13.4 Å². The van der Waals surface area contributed by atoms with Crippen LogP contribution in [0.3, 0.4) is 0 Å². The molecule has 0 spiro atoms. The van der Waals surface area contributed by atoms with Gasteiger partial charge in [0.15, 0.2) is 39.8 Å². The van der Waals surface area contributed by atoms with E-state index in [4.69, 9.17) is 13.8 Å². The number of nitrogens with zero attached hydrogens (tertiary/aromatic N) is 6. The Kier molecular flexibility index (Phi) is 9.76. The summed E-state index contributed by atoms with van der Waals surface area (Å²) in [6.45, 7) is 0. The molecule has 6 aromatic rings. The van der Waals surface area contributed by atoms with Gasteiger partial charge in [0.25, 0.3) is 11.1 Å². The molecule has 0 aliphatic heterocycles. The summed E-state index contributed by atoms with van der Waals surface area (Å²) < 4.78 is 46.8. The lowest BCUT2D eigenvalue weighted by Gasteiger charge is -2.12. The molecule has 16 heteroatoms. The molecular formula is C34H28F2N6O6S2. The highest BCUT2D eigenvalue weighted by atomic mass is 32.2. The topological polar surface area (TPSA) is 132 Å². The van der Waals surface area contributed by atoms with Crippen LogP contribution in [-0.2, 0) is 9.22 Å².